The molecule has 0 radical (unpaired) electrons. The van der Waals surface area contributed by atoms with Crippen LogP contribution in [0.25, 0.3) is 10.8 Å². The highest BCUT2D eigenvalue weighted by molar-refractivity contribution is 6.27. The van der Waals surface area contributed by atoms with E-state index in [1.54, 1.807) is 29.6 Å². The number of hydrogen-bond acceptors (Lipinski definition) is 2. The zero-order chi connectivity index (χ0) is 14.7. The van der Waals surface area contributed by atoms with Crippen LogP contribution < -0.4 is 28.5 Å². The van der Waals surface area contributed by atoms with Gasteiger partial charge in [-0.15, -0.1) is 0 Å². The summed E-state index contributed by atoms with van der Waals surface area (Å²) in [7, 11) is 3.58. The Morgan fingerprint density at radius 3 is 2.09 bits per heavy atom. The lowest BCUT2D eigenvalue weighted by Crippen LogP contribution is -3.00. The Balaban J connectivity index is 0.00000144. The molecule has 0 spiro atoms. The number of imidazole rings is 1. The van der Waals surface area contributed by atoms with Crippen molar-refractivity contribution >= 4 is 22.3 Å². The van der Waals surface area contributed by atoms with E-state index < -0.39 is 0 Å². The van der Waals surface area contributed by atoms with Crippen LogP contribution in [-0.2, 0) is 14.1 Å². The fourth-order valence-corrected chi connectivity index (χ4v) is 3.12. The lowest BCUT2D eigenvalue weighted by Gasteiger charge is -2.13. The number of halogens is 1. The van der Waals surface area contributed by atoms with Gasteiger partial charge in [0.15, 0.2) is 0 Å². The monoisotopic (exact) mass is 404 g/mol. The SMILES string of the molecule is Cn1c[n+](C)c2c1C(=O)c1cc3ccccc3cc1C2=O.[I-]. The van der Waals surface area contributed by atoms with E-state index in [1.165, 1.54) is 0 Å². The standard InChI is InChI=1S/C17H13N2O2.HI/c1-18-9-19(2)15-14(18)16(20)12-7-10-5-3-4-6-11(10)8-13(12)17(15)21;/h3-9H,1-2H3;1H/q+1;/p-1. The highest BCUT2D eigenvalue weighted by Gasteiger charge is 2.39. The fourth-order valence-electron chi connectivity index (χ4n) is 3.12. The van der Waals surface area contributed by atoms with Gasteiger partial charge >= 0.3 is 0 Å². The summed E-state index contributed by atoms with van der Waals surface area (Å²) in [6, 6.07) is 11.4. The Bertz CT molecular complexity index is 882. The van der Waals surface area contributed by atoms with E-state index in [9.17, 15) is 9.59 Å². The number of fused-ring (bicyclic) bond motifs is 3. The maximum Gasteiger partial charge on any atom is 0.244 e. The Morgan fingerprint density at radius 1 is 0.955 bits per heavy atom. The fraction of sp³-hybridized carbons (Fsp3) is 0.118. The first-order valence-electron chi connectivity index (χ1n) is 6.75. The Kier molecular flexibility index (Phi) is 3.40. The second-order valence-electron chi connectivity index (χ2n) is 5.44. The van der Waals surface area contributed by atoms with E-state index >= 15 is 0 Å². The molecule has 0 bridgehead atoms. The van der Waals surface area contributed by atoms with Gasteiger partial charge in [0.2, 0.25) is 29.3 Å². The largest absolute Gasteiger partial charge is 1.00 e. The van der Waals surface area contributed by atoms with Crippen LogP contribution in [0.2, 0.25) is 0 Å². The molecule has 1 aliphatic carbocycles. The molecule has 0 unspecified atom stereocenters. The predicted octanol–water partition coefficient (Wildman–Crippen LogP) is -1.22. The van der Waals surface area contributed by atoms with Crippen molar-refractivity contribution in [2.24, 2.45) is 14.1 Å². The number of nitrogens with zero attached hydrogens (tertiary/aromatic N) is 2. The van der Waals surface area contributed by atoms with Crippen LogP contribution in [0.15, 0.2) is 42.7 Å². The molecular formula is C17H13IN2O2. The summed E-state index contributed by atoms with van der Waals surface area (Å²) < 4.78 is 3.43. The maximum atomic E-state index is 12.7. The summed E-state index contributed by atoms with van der Waals surface area (Å²) in [5.41, 5.74) is 1.91. The minimum atomic E-state index is -0.0894. The van der Waals surface area contributed by atoms with E-state index in [4.69, 9.17) is 0 Å². The zero-order valence-electron chi connectivity index (χ0n) is 12.1. The average Bonchev–Trinajstić information content (AvgIpc) is 2.78. The van der Waals surface area contributed by atoms with Crippen molar-refractivity contribution in [3.05, 3.63) is 65.2 Å². The number of aromatic nitrogens is 2. The Hall–Kier alpha value is -2.02. The van der Waals surface area contributed by atoms with Crippen LogP contribution in [0.5, 0.6) is 0 Å². The van der Waals surface area contributed by atoms with Crippen LogP contribution in [0.4, 0.5) is 0 Å². The van der Waals surface area contributed by atoms with E-state index in [0.717, 1.165) is 10.8 Å². The molecule has 3 aromatic rings. The smallest absolute Gasteiger partial charge is 0.244 e. The summed E-state index contributed by atoms with van der Waals surface area (Å²) in [5, 5.41) is 1.94. The quantitative estimate of drug-likeness (QED) is 0.273. The van der Waals surface area contributed by atoms with Gasteiger partial charge in [-0.2, -0.15) is 0 Å². The first kappa shape index (κ1) is 14.9. The Morgan fingerprint density at radius 2 is 1.50 bits per heavy atom. The van der Waals surface area contributed by atoms with Crippen LogP contribution >= 0.6 is 0 Å². The highest BCUT2D eigenvalue weighted by Crippen LogP contribution is 2.29. The molecule has 0 saturated heterocycles. The van der Waals surface area contributed by atoms with E-state index in [0.29, 0.717) is 22.5 Å². The molecule has 0 saturated carbocycles. The minimum Gasteiger partial charge on any atom is -1.00 e. The van der Waals surface area contributed by atoms with E-state index in [1.807, 2.05) is 36.4 Å². The summed E-state index contributed by atoms with van der Waals surface area (Å²) >= 11 is 0. The summed E-state index contributed by atoms with van der Waals surface area (Å²) in [6.07, 6.45) is 1.76. The number of benzene rings is 2. The normalized spacial score (nSPS) is 12.8. The molecule has 0 atom stereocenters. The molecule has 1 aliphatic rings. The molecule has 1 aromatic heterocycles. The molecule has 2 aromatic carbocycles. The molecule has 22 heavy (non-hydrogen) atoms. The van der Waals surface area contributed by atoms with Crippen LogP contribution in [0.1, 0.15) is 32.1 Å². The van der Waals surface area contributed by atoms with Gasteiger partial charge in [0.05, 0.1) is 14.1 Å². The molecule has 1 heterocycles. The second kappa shape index (κ2) is 5.01. The minimum absolute atomic E-state index is 0. The molecular weight excluding hydrogens is 391 g/mol. The van der Waals surface area contributed by atoms with Crippen molar-refractivity contribution in [1.29, 1.82) is 0 Å². The molecule has 4 rings (SSSR count). The number of rotatable bonds is 0. The van der Waals surface area contributed by atoms with Crippen LogP contribution in [0.3, 0.4) is 0 Å². The van der Waals surface area contributed by atoms with Crippen LogP contribution in [-0.4, -0.2) is 16.1 Å². The average molecular weight is 404 g/mol. The number of ketones is 2. The van der Waals surface area contributed by atoms with Gasteiger partial charge in [-0.3, -0.25) is 9.59 Å². The van der Waals surface area contributed by atoms with Gasteiger partial charge in [0, 0.05) is 11.1 Å². The lowest BCUT2D eigenvalue weighted by atomic mass is 9.87. The predicted molar refractivity (Wildman–Crippen MR) is 77.4 cm³/mol. The zero-order valence-corrected chi connectivity index (χ0v) is 14.3. The molecule has 5 heteroatoms. The third kappa shape index (κ3) is 1.85. The van der Waals surface area contributed by atoms with Gasteiger partial charge < -0.3 is 24.0 Å². The van der Waals surface area contributed by atoms with Gasteiger partial charge in [-0.1, -0.05) is 24.3 Å². The molecule has 0 N–H and O–H groups in total. The number of hydrogen-bond donors (Lipinski definition) is 0. The van der Waals surface area contributed by atoms with Crippen LogP contribution in [0, 0.1) is 0 Å². The first-order valence-corrected chi connectivity index (χ1v) is 6.75. The maximum absolute atomic E-state index is 12.7. The molecule has 0 aliphatic heterocycles. The van der Waals surface area contributed by atoms with E-state index in [2.05, 4.69) is 0 Å². The van der Waals surface area contributed by atoms with Crippen molar-refractivity contribution in [1.82, 2.24) is 4.57 Å². The number of aryl methyl sites for hydroxylation is 2. The molecule has 4 nitrogen and oxygen atoms in total. The summed E-state index contributed by atoms with van der Waals surface area (Å²) in [6.45, 7) is 0. The van der Waals surface area contributed by atoms with Gasteiger partial charge in [0.1, 0.15) is 0 Å². The van der Waals surface area contributed by atoms with Gasteiger partial charge in [-0.25, -0.2) is 9.13 Å². The third-order valence-electron chi connectivity index (χ3n) is 4.08. The van der Waals surface area contributed by atoms with Crippen molar-refractivity contribution in [2.45, 2.75) is 0 Å². The number of carbonyl (C=O) groups is 2. The molecule has 110 valence electrons. The number of carbonyl (C=O) groups excluding carboxylic acids is 2. The highest BCUT2D eigenvalue weighted by atomic mass is 127. The first-order chi connectivity index (χ1) is 10.1. The van der Waals surface area contributed by atoms with Crippen molar-refractivity contribution in [2.75, 3.05) is 0 Å². The lowest BCUT2D eigenvalue weighted by molar-refractivity contribution is -0.672. The summed E-state index contributed by atoms with van der Waals surface area (Å²) in [5.74, 6) is -0.179. The van der Waals surface area contributed by atoms with Crippen molar-refractivity contribution < 1.29 is 38.1 Å². The van der Waals surface area contributed by atoms with Gasteiger partial charge in [-0.05, 0) is 22.9 Å². The van der Waals surface area contributed by atoms with Gasteiger partial charge in [0.25, 0.3) is 0 Å². The second-order valence-corrected chi connectivity index (χ2v) is 5.44. The van der Waals surface area contributed by atoms with Crippen molar-refractivity contribution in [3.63, 3.8) is 0 Å². The topological polar surface area (TPSA) is 43.0 Å². The van der Waals surface area contributed by atoms with Crippen molar-refractivity contribution in [3.8, 4) is 0 Å². The van der Waals surface area contributed by atoms with E-state index in [-0.39, 0.29) is 35.5 Å². The summed E-state index contributed by atoms with van der Waals surface area (Å²) in [4.78, 5) is 25.5. The molecule has 0 amide bonds. The molecule has 0 fully saturated rings. The third-order valence-corrected chi connectivity index (χ3v) is 4.08. The Labute approximate surface area is 144 Å².